The van der Waals surface area contributed by atoms with Crippen LogP contribution in [0.15, 0.2) is 43.0 Å². The minimum Gasteiger partial charge on any atom is -0.467 e. The second-order valence-electron chi connectivity index (χ2n) is 4.91. The average Bonchev–Trinajstić information content (AvgIpc) is 2.61. The standard InChI is InChI=1S/C16H15N5O2/c1-10(16(22)23-2)19-15-12-5-8-18-9-13(12)20-14(21-15)11-3-6-17-7-4-11/h3-10H,1-2H3,(H,19,20,21). The van der Waals surface area contributed by atoms with E-state index >= 15 is 0 Å². The molecule has 0 fully saturated rings. The van der Waals surface area contributed by atoms with Gasteiger partial charge in [0.1, 0.15) is 11.9 Å². The molecular weight excluding hydrogens is 294 g/mol. The van der Waals surface area contributed by atoms with Crippen LogP contribution < -0.4 is 5.32 Å². The summed E-state index contributed by atoms with van der Waals surface area (Å²) in [6.07, 6.45) is 6.67. The maximum absolute atomic E-state index is 11.7. The molecule has 1 unspecified atom stereocenters. The molecule has 0 amide bonds. The summed E-state index contributed by atoms with van der Waals surface area (Å²) in [5, 5.41) is 3.86. The van der Waals surface area contributed by atoms with Crippen LogP contribution in [-0.2, 0) is 9.53 Å². The number of nitrogens with one attached hydrogen (secondary N) is 1. The highest BCUT2D eigenvalue weighted by molar-refractivity contribution is 5.91. The Kier molecular flexibility index (Phi) is 4.09. The van der Waals surface area contributed by atoms with E-state index in [2.05, 4.69) is 25.3 Å². The maximum atomic E-state index is 11.7. The molecule has 0 aliphatic carbocycles. The fraction of sp³-hybridized carbons (Fsp3) is 0.188. The number of pyridine rings is 2. The molecule has 1 N–H and O–H groups in total. The predicted octanol–water partition coefficient (Wildman–Crippen LogP) is 2.06. The second-order valence-corrected chi connectivity index (χ2v) is 4.91. The topological polar surface area (TPSA) is 89.9 Å². The summed E-state index contributed by atoms with van der Waals surface area (Å²) in [4.78, 5) is 28.8. The Labute approximate surface area is 132 Å². The molecule has 0 radical (unpaired) electrons. The highest BCUT2D eigenvalue weighted by atomic mass is 16.5. The van der Waals surface area contributed by atoms with Gasteiger partial charge in [0.25, 0.3) is 0 Å². The molecule has 0 aliphatic rings. The molecule has 0 aliphatic heterocycles. The van der Waals surface area contributed by atoms with Crippen LogP contribution in [0.5, 0.6) is 0 Å². The van der Waals surface area contributed by atoms with Crippen LogP contribution in [0.1, 0.15) is 6.92 Å². The van der Waals surface area contributed by atoms with Crippen molar-refractivity contribution < 1.29 is 9.53 Å². The second kappa shape index (κ2) is 6.35. The summed E-state index contributed by atoms with van der Waals surface area (Å²) in [7, 11) is 1.35. The normalized spacial score (nSPS) is 11.9. The Balaban J connectivity index is 2.09. The number of hydrogen-bond acceptors (Lipinski definition) is 7. The lowest BCUT2D eigenvalue weighted by Crippen LogP contribution is -2.27. The Morgan fingerprint density at radius 3 is 2.61 bits per heavy atom. The van der Waals surface area contributed by atoms with Gasteiger partial charge in [0.15, 0.2) is 5.82 Å². The molecule has 0 saturated carbocycles. The van der Waals surface area contributed by atoms with E-state index in [1.54, 1.807) is 37.8 Å². The van der Waals surface area contributed by atoms with Crippen molar-refractivity contribution in [3.8, 4) is 11.4 Å². The number of ether oxygens (including phenoxy) is 1. The molecule has 3 aromatic heterocycles. The van der Waals surface area contributed by atoms with Crippen LogP contribution in [0.3, 0.4) is 0 Å². The van der Waals surface area contributed by atoms with Gasteiger partial charge in [-0.1, -0.05) is 0 Å². The quantitative estimate of drug-likeness (QED) is 0.738. The summed E-state index contributed by atoms with van der Waals surface area (Å²) in [6.45, 7) is 1.72. The first-order valence-electron chi connectivity index (χ1n) is 7.05. The first-order chi connectivity index (χ1) is 11.2. The average molecular weight is 309 g/mol. The van der Waals surface area contributed by atoms with Crippen LogP contribution in [0.2, 0.25) is 0 Å². The van der Waals surface area contributed by atoms with Crippen LogP contribution in [-0.4, -0.2) is 39.1 Å². The number of aromatic nitrogens is 4. The third kappa shape index (κ3) is 3.08. The lowest BCUT2D eigenvalue weighted by molar-refractivity contribution is -0.141. The van der Waals surface area contributed by atoms with Gasteiger partial charge in [-0.05, 0) is 25.1 Å². The summed E-state index contributed by atoms with van der Waals surface area (Å²) < 4.78 is 4.75. The molecule has 0 saturated heterocycles. The smallest absolute Gasteiger partial charge is 0.328 e. The summed E-state index contributed by atoms with van der Waals surface area (Å²) in [5.74, 6) is 0.728. The van der Waals surface area contributed by atoms with Crippen LogP contribution in [0.25, 0.3) is 22.3 Å². The van der Waals surface area contributed by atoms with Gasteiger partial charge < -0.3 is 10.1 Å². The van der Waals surface area contributed by atoms with Gasteiger partial charge in [-0.2, -0.15) is 0 Å². The van der Waals surface area contributed by atoms with E-state index in [9.17, 15) is 4.79 Å². The van der Waals surface area contributed by atoms with Gasteiger partial charge in [-0.3, -0.25) is 9.97 Å². The molecular formula is C16H15N5O2. The fourth-order valence-electron chi connectivity index (χ4n) is 2.16. The molecule has 116 valence electrons. The van der Waals surface area contributed by atoms with Crippen LogP contribution in [0, 0.1) is 0 Å². The minimum absolute atomic E-state index is 0.365. The lowest BCUT2D eigenvalue weighted by atomic mass is 10.2. The molecule has 7 nitrogen and oxygen atoms in total. The van der Waals surface area contributed by atoms with Crippen molar-refractivity contribution in [2.75, 3.05) is 12.4 Å². The zero-order valence-electron chi connectivity index (χ0n) is 12.7. The summed E-state index contributed by atoms with van der Waals surface area (Å²) >= 11 is 0. The number of carbonyl (C=O) groups is 1. The van der Waals surface area contributed by atoms with Crippen molar-refractivity contribution in [1.82, 2.24) is 19.9 Å². The number of esters is 1. The van der Waals surface area contributed by atoms with E-state index < -0.39 is 6.04 Å². The zero-order valence-corrected chi connectivity index (χ0v) is 12.7. The summed E-state index contributed by atoms with van der Waals surface area (Å²) in [6, 6.07) is 4.92. The molecule has 1 atom stereocenters. The number of hydrogen-bond donors (Lipinski definition) is 1. The highest BCUT2D eigenvalue weighted by Crippen LogP contribution is 2.24. The molecule has 7 heteroatoms. The van der Waals surface area contributed by atoms with Crippen LogP contribution >= 0.6 is 0 Å². The first-order valence-corrected chi connectivity index (χ1v) is 7.05. The number of nitrogens with zero attached hydrogens (tertiary/aromatic N) is 4. The third-order valence-electron chi connectivity index (χ3n) is 3.35. The predicted molar refractivity (Wildman–Crippen MR) is 85.7 cm³/mol. The Morgan fingerprint density at radius 1 is 1.13 bits per heavy atom. The van der Waals surface area contributed by atoms with Gasteiger partial charge in [-0.25, -0.2) is 14.8 Å². The van der Waals surface area contributed by atoms with Crippen molar-refractivity contribution >= 4 is 22.7 Å². The minimum atomic E-state index is -0.531. The number of carbonyl (C=O) groups excluding carboxylic acids is 1. The zero-order chi connectivity index (χ0) is 16.2. The molecule has 0 aromatic carbocycles. The molecule has 3 rings (SSSR count). The van der Waals surface area contributed by atoms with E-state index in [0.717, 1.165) is 10.9 Å². The molecule has 0 bridgehead atoms. The monoisotopic (exact) mass is 309 g/mol. The molecule has 3 aromatic rings. The van der Waals surface area contributed by atoms with Gasteiger partial charge >= 0.3 is 5.97 Å². The molecule has 23 heavy (non-hydrogen) atoms. The fourth-order valence-corrected chi connectivity index (χ4v) is 2.16. The lowest BCUT2D eigenvalue weighted by Gasteiger charge is -2.14. The van der Waals surface area contributed by atoms with Gasteiger partial charge in [0.05, 0.1) is 18.8 Å². The maximum Gasteiger partial charge on any atom is 0.328 e. The number of methoxy groups -OCH3 is 1. The SMILES string of the molecule is COC(=O)C(C)Nc1nc(-c2ccncc2)nc2cnccc12. The molecule has 3 heterocycles. The molecule has 0 spiro atoms. The number of rotatable bonds is 4. The van der Waals surface area contributed by atoms with Gasteiger partial charge in [0, 0.05) is 29.5 Å². The van der Waals surface area contributed by atoms with Crippen LogP contribution in [0.4, 0.5) is 5.82 Å². The van der Waals surface area contributed by atoms with Crippen molar-refractivity contribution in [3.63, 3.8) is 0 Å². The van der Waals surface area contributed by atoms with Crippen molar-refractivity contribution in [2.45, 2.75) is 13.0 Å². The Bertz CT molecular complexity index is 838. The largest absolute Gasteiger partial charge is 0.467 e. The van der Waals surface area contributed by atoms with Gasteiger partial charge in [-0.15, -0.1) is 0 Å². The van der Waals surface area contributed by atoms with E-state index in [-0.39, 0.29) is 5.97 Å². The van der Waals surface area contributed by atoms with Crippen molar-refractivity contribution in [3.05, 3.63) is 43.0 Å². The third-order valence-corrected chi connectivity index (χ3v) is 3.35. The highest BCUT2D eigenvalue weighted by Gasteiger charge is 2.16. The van der Waals surface area contributed by atoms with Crippen molar-refractivity contribution in [2.24, 2.45) is 0 Å². The van der Waals surface area contributed by atoms with E-state index in [1.807, 2.05) is 12.1 Å². The first kappa shape index (κ1) is 14.8. The van der Waals surface area contributed by atoms with E-state index in [4.69, 9.17) is 4.74 Å². The Hall–Kier alpha value is -3.09. The van der Waals surface area contributed by atoms with Gasteiger partial charge in [0.2, 0.25) is 0 Å². The summed E-state index contributed by atoms with van der Waals surface area (Å²) in [5.41, 5.74) is 1.52. The van der Waals surface area contributed by atoms with E-state index in [0.29, 0.717) is 17.2 Å². The number of anilines is 1. The van der Waals surface area contributed by atoms with E-state index in [1.165, 1.54) is 7.11 Å². The number of fused-ring (bicyclic) bond motifs is 1. The van der Waals surface area contributed by atoms with Crippen molar-refractivity contribution in [1.29, 1.82) is 0 Å². The Morgan fingerprint density at radius 2 is 1.87 bits per heavy atom.